The summed E-state index contributed by atoms with van der Waals surface area (Å²) in [5.74, 6) is -0.999. The molecular formula is C24H24F3N3O3. The number of benzene rings is 2. The number of anilines is 1. The number of nitrogens with zero attached hydrogens (tertiary/aromatic N) is 2. The second-order valence-corrected chi connectivity index (χ2v) is 7.89. The molecule has 0 aliphatic carbocycles. The Bertz CT molecular complexity index is 1050. The molecule has 2 aliphatic heterocycles. The Morgan fingerprint density at radius 1 is 0.909 bits per heavy atom. The maximum atomic E-state index is 13.2. The van der Waals surface area contributed by atoms with E-state index in [1.807, 2.05) is 0 Å². The second-order valence-electron chi connectivity index (χ2n) is 7.89. The van der Waals surface area contributed by atoms with Crippen LogP contribution in [0.15, 0.2) is 60.3 Å². The minimum absolute atomic E-state index is 0.0168. The van der Waals surface area contributed by atoms with Crippen LogP contribution in [-0.2, 0) is 20.5 Å². The average molecular weight is 459 g/mol. The first-order chi connectivity index (χ1) is 15.8. The monoisotopic (exact) mass is 459 g/mol. The number of rotatable bonds is 7. The Balaban J connectivity index is 1.57. The Morgan fingerprint density at radius 2 is 1.64 bits per heavy atom. The molecule has 2 aromatic carbocycles. The van der Waals surface area contributed by atoms with E-state index >= 15 is 0 Å². The van der Waals surface area contributed by atoms with Gasteiger partial charge in [0.1, 0.15) is 5.70 Å². The number of hydrogen-bond acceptors (Lipinski definition) is 5. The molecule has 1 N–H and O–H groups in total. The topological polar surface area (TPSA) is 61.9 Å². The highest BCUT2D eigenvalue weighted by Gasteiger charge is 2.39. The molecule has 4 rings (SSSR count). The van der Waals surface area contributed by atoms with E-state index < -0.39 is 23.6 Å². The molecule has 2 aromatic rings. The van der Waals surface area contributed by atoms with Crippen molar-refractivity contribution in [1.29, 1.82) is 0 Å². The van der Waals surface area contributed by atoms with E-state index in [9.17, 15) is 22.8 Å². The second kappa shape index (κ2) is 9.76. The summed E-state index contributed by atoms with van der Waals surface area (Å²) in [6.07, 6.45) is -3.92. The third kappa shape index (κ3) is 5.26. The number of nitrogens with one attached hydrogen (secondary N) is 1. The Hall–Kier alpha value is -3.17. The zero-order valence-electron chi connectivity index (χ0n) is 17.9. The van der Waals surface area contributed by atoms with E-state index in [-0.39, 0.29) is 23.5 Å². The van der Waals surface area contributed by atoms with Crippen LogP contribution in [0.4, 0.5) is 18.9 Å². The van der Waals surface area contributed by atoms with Crippen molar-refractivity contribution in [3.05, 3.63) is 71.4 Å². The lowest BCUT2D eigenvalue weighted by atomic mass is 10.0. The number of alkyl halides is 3. The van der Waals surface area contributed by atoms with E-state index in [0.29, 0.717) is 25.2 Å². The Kier molecular flexibility index (Phi) is 6.80. The van der Waals surface area contributed by atoms with Gasteiger partial charge >= 0.3 is 6.18 Å². The van der Waals surface area contributed by atoms with Gasteiger partial charge in [0.2, 0.25) is 0 Å². The lowest BCUT2D eigenvalue weighted by Gasteiger charge is -2.27. The summed E-state index contributed by atoms with van der Waals surface area (Å²) in [5.41, 5.74) is -0.0830. The van der Waals surface area contributed by atoms with Crippen molar-refractivity contribution in [1.82, 2.24) is 9.80 Å². The molecule has 174 valence electrons. The highest BCUT2D eigenvalue weighted by Crippen LogP contribution is 2.33. The first-order valence-corrected chi connectivity index (χ1v) is 10.7. The standard InChI is InChI=1S/C24H24F3N3O3/c25-24(26,27)18-8-4-9-19(16-18)28-21-20(17-6-2-1-3-7-17)22(31)30(23(21)32)11-5-10-29-12-14-33-15-13-29/h1-4,6-9,16,28H,5,10-15H2. The number of amides is 2. The quantitative estimate of drug-likeness (QED) is 0.641. The van der Waals surface area contributed by atoms with Gasteiger partial charge in [-0.1, -0.05) is 36.4 Å². The molecule has 0 unspecified atom stereocenters. The number of ether oxygens (including phenoxy) is 1. The van der Waals surface area contributed by atoms with Crippen LogP contribution in [0, 0.1) is 0 Å². The van der Waals surface area contributed by atoms with Gasteiger partial charge in [0.15, 0.2) is 0 Å². The lowest BCUT2D eigenvalue weighted by molar-refractivity contribution is -0.138. The van der Waals surface area contributed by atoms with Crippen LogP contribution in [0.2, 0.25) is 0 Å². The van der Waals surface area contributed by atoms with Gasteiger partial charge in [0.25, 0.3) is 11.8 Å². The minimum atomic E-state index is -4.52. The van der Waals surface area contributed by atoms with Gasteiger partial charge < -0.3 is 10.1 Å². The first kappa shape index (κ1) is 23.0. The lowest BCUT2D eigenvalue weighted by Crippen LogP contribution is -2.39. The fraction of sp³-hybridized carbons (Fsp3) is 0.333. The third-order valence-electron chi connectivity index (χ3n) is 5.65. The fourth-order valence-corrected chi connectivity index (χ4v) is 3.96. The maximum absolute atomic E-state index is 13.2. The third-order valence-corrected chi connectivity index (χ3v) is 5.65. The molecule has 0 spiro atoms. The Morgan fingerprint density at radius 3 is 2.33 bits per heavy atom. The predicted octanol–water partition coefficient (Wildman–Crippen LogP) is 3.62. The van der Waals surface area contributed by atoms with Crippen LogP contribution in [0.25, 0.3) is 5.57 Å². The van der Waals surface area contributed by atoms with Crippen molar-refractivity contribution in [2.75, 3.05) is 44.7 Å². The SMILES string of the molecule is O=C1C(Nc2cccc(C(F)(F)F)c2)=C(c2ccccc2)C(=O)N1CCCN1CCOCC1. The van der Waals surface area contributed by atoms with Gasteiger partial charge in [0, 0.05) is 31.9 Å². The molecule has 0 aromatic heterocycles. The summed E-state index contributed by atoms with van der Waals surface area (Å²) in [6, 6.07) is 13.2. The van der Waals surface area contributed by atoms with Gasteiger partial charge in [-0.2, -0.15) is 13.2 Å². The van der Waals surface area contributed by atoms with E-state index in [1.165, 1.54) is 17.0 Å². The van der Waals surface area contributed by atoms with Crippen LogP contribution in [-0.4, -0.2) is 61.0 Å². The molecule has 33 heavy (non-hydrogen) atoms. The van der Waals surface area contributed by atoms with Gasteiger partial charge in [-0.3, -0.25) is 19.4 Å². The molecule has 1 saturated heterocycles. The number of morpholine rings is 1. The zero-order valence-corrected chi connectivity index (χ0v) is 17.9. The van der Waals surface area contributed by atoms with E-state index in [4.69, 9.17) is 4.74 Å². The average Bonchev–Trinajstić information content (AvgIpc) is 3.04. The van der Waals surface area contributed by atoms with Crippen molar-refractivity contribution >= 4 is 23.1 Å². The largest absolute Gasteiger partial charge is 0.416 e. The Labute approximate surface area is 189 Å². The van der Waals surface area contributed by atoms with Crippen LogP contribution in [0.1, 0.15) is 17.5 Å². The zero-order chi connectivity index (χ0) is 23.4. The number of halogens is 3. The van der Waals surface area contributed by atoms with Crippen molar-refractivity contribution in [2.24, 2.45) is 0 Å². The maximum Gasteiger partial charge on any atom is 0.416 e. The molecule has 0 radical (unpaired) electrons. The molecule has 2 amide bonds. The summed E-state index contributed by atoms with van der Waals surface area (Å²) in [4.78, 5) is 29.8. The summed E-state index contributed by atoms with van der Waals surface area (Å²) >= 11 is 0. The molecule has 6 nitrogen and oxygen atoms in total. The summed E-state index contributed by atoms with van der Waals surface area (Å²) < 4.78 is 44.7. The molecule has 2 heterocycles. The number of hydrogen-bond donors (Lipinski definition) is 1. The van der Waals surface area contributed by atoms with Gasteiger partial charge in [-0.15, -0.1) is 0 Å². The summed E-state index contributed by atoms with van der Waals surface area (Å²) in [6.45, 7) is 3.87. The summed E-state index contributed by atoms with van der Waals surface area (Å²) in [5, 5.41) is 2.79. The fourth-order valence-electron chi connectivity index (χ4n) is 3.96. The number of carbonyl (C=O) groups excluding carboxylic acids is 2. The van der Waals surface area contributed by atoms with Crippen LogP contribution >= 0.6 is 0 Å². The predicted molar refractivity (Wildman–Crippen MR) is 117 cm³/mol. The molecular weight excluding hydrogens is 435 g/mol. The minimum Gasteiger partial charge on any atom is -0.379 e. The van der Waals surface area contributed by atoms with Crippen LogP contribution < -0.4 is 5.32 Å². The normalized spacial score (nSPS) is 17.7. The van der Waals surface area contributed by atoms with E-state index in [0.717, 1.165) is 31.8 Å². The molecule has 0 atom stereocenters. The number of imide groups is 1. The van der Waals surface area contributed by atoms with Crippen LogP contribution in [0.5, 0.6) is 0 Å². The van der Waals surface area contributed by atoms with Crippen LogP contribution in [0.3, 0.4) is 0 Å². The highest BCUT2D eigenvalue weighted by molar-refractivity contribution is 6.36. The number of carbonyl (C=O) groups is 2. The van der Waals surface area contributed by atoms with Crippen molar-refractivity contribution in [2.45, 2.75) is 12.6 Å². The van der Waals surface area contributed by atoms with Gasteiger partial charge in [0.05, 0.1) is 24.4 Å². The highest BCUT2D eigenvalue weighted by atomic mass is 19.4. The van der Waals surface area contributed by atoms with Crippen molar-refractivity contribution in [3.63, 3.8) is 0 Å². The van der Waals surface area contributed by atoms with Gasteiger partial charge in [-0.25, -0.2) is 0 Å². The molecule has 2 aliphatic rings. The molecule has 9 heteroatoms. The van der Waals surface area contributed by atoms with E-state index in [1.54, 1.807) is 30.3 Å². The molecule has 1 fully saturated rings. The molecule has 0 saturated carbocycles. The smallest absolute Gasteiger partial charge is 0.379 e. The van der Waals surface area contributed by atoms with E-state index in [2.05, 4.69) is 10.2 Å². The molecule has 0 bridgehead atoms. The van der Waals surface area contributed by atoms with Crippen molar-refractivity contribution in [3.8, 4) is 0 Å². The first-order valence-electron chi connectivity index (χ1n) is 10.7. The summed E-state index contributed by atoms with van der Waals surface area (Å²) in [7, 11) is 0. The van der Waals surface area contributed by atoms with Crippen molar-refractivity contribution < 1.29 is 27.5 Å². The van der Waals surface area contributed by atoms with Gasteiger partial charge in [-0.05, 0) is 30.2 Å².